The van der Waals surface area contributed by atoms with Crippen molar-refractivity contribution < 1.29 is 9.84 Å². The van der Waals surface area contributed by atoms with Gasteiger partial charge in [-0.05, 0) is 84.0 Å². The first-order valence-corrected chi connectivity index (χ1v) is 8.59. The number of aromatic nitrogens is 2. The molecule has 3 aromatic rings. The molecule has 1 heterocycles. The standard InChI is InChI=1S/C18H19IN2O2/c1-12-7-17-18(8-13(12)2)21(11-20-17)9-15(22)10-23-16-5-3-14(19)4-6-16/h3-8,11,15,22H,9-10H2,1-2H3/t15-/m1/s1. The number of rotatable bonds is 5. The van der Waals surface area contributed by atoms with Gasteiger partial charge in [0.2, 0.25) is 0 Å². The molecule has 0 amide bonds. The van der Waals surface area contributed by atoms with Crippen molar-refractivity contribution in [3.63, 3.8) is 0 Å². The second-order valence-electron chi connectivity index (χ2n) is 5.74. The smallest absolute Gasteiger partial charge is 0.119 e. The van der Waals surface area contributed by atoms with E-state index in [2.05, 4.69) is 53.6 Å². The maximum Gasteiger partial charge on any atom is 0.119 e. The number of nitrogens with zero attached hydrogens (tertiary/aromatic N) is 2. The lowest BCUT2D eigenvalue weighted by Gasteiger charge is -2.14. The van der Waals surface area contributed by atoms with E-state index in [0.29, 0.717) is 6.54 Å². The van der Waals surface area contributed by atoms with Crippen molar-refractivity contribution in [1.29, 1.82) is 0 Å². The van der Waals surface area contributed by atoms with Crippen LogP contribution in [0.3, 0.4) is 0 Å². The van der Waals surface area contributed by atoms with Gasteiger partial charge in [-0.15, -0.1) is 0 Å². The number of hydrogen-bond acceptors (Lipinski definition) is 3. The summed E-state index contributed by atoms with van der Waals surface area (Å²) >= 11 is 2.25. The number of aliphatic hydroxyl groups excluding tert-OH is 1. The van der Waals surface area contributed by atoms with Crippen molar-refractivity contribution >= 4 is 33.6 Å². The molecule has 0 saturated carbocycles. The molecule has 23 heavy (non-hydrogen) atoms. The largest absolute Gasteiger partial charge is 0.491 e. The summed E-state index contributed by atoms with van der Waals surface area (Å²) in [5, 5.41) is 10.2. The summed E-state index contributed by atoms with van der Waals surface area (Å²) in [4.78, 5) is 4.41. The van der Waals surface area contributed by atoms with Gasteiger partial charge in [0.25, 0.3) is 0 Å². The molecule has 4 nitrogen and oxygen atoms in total. The molecule has 0 aliphatic carbocycles. The molecule has 0 unspecified atom stereocenters. The SMILES string of the molecule is Cc1cc2ncn(C[C@@H](O)COc3ccc(I)cc3)c2cc1C. The highest BCUT2D eigenvalue weighted by Crippen LogP contribution is 2.19. The Labute approximate surface area is 149 Å². The lowest BCUT2D eigenvalue weighted by atomic mass is 10.1. The number of fused-ring (bicyclic) bond motifs is 1. The first-order valence-electron chi connectivity index (χ1n) is 7.51. The minimum Gasteiger partial charge on any atom is -0.491 e. The van der Waals surface area contributed by atoms with Gasteiger partial charge in [-0.3, -0.25) is 0 Å². The van der Waals surface area contributed by atoms with Gasteiger partial charge in [0.15, 0.2) is 0 Å². The normalized spacial score (nSPS) is 12.5. The van der Waals surface area contributed by atoms with Gasteiger partial charge in [-0.25, -0.2) is 4.98 Å². The first kappa shape index (κ1) is 16.3. The minimum absolute atomic E-state index is 0.255. The van der Waals surface area contributed by atoms with Crippen LogP contribution in [0.1, 0.15) is 11.1 Å². The molecule has 3 rings (SSSR count). The van der Waals surface area contributed by atoms with E-state index in [9.17, 15) is 5.11 Å². The summed E-state index contributed by atoms with van der Waals surface area (Å²) < 4.78 is 8.77. The second-order valence-corrected chi connectivity index (χ2v) is 6.99. The zero-order chi connectivity index (χ0) is 16.4. The summed E-state index contributed by atoms with van der Waals surface area (Å²) in [6, 6.07) is 12.0. The van der Waals surface area contributed by atoms with Crippen LogP contribution in [0.2, 0.25) is 0 Å². The lowest BCUT2D eigenvalue weighted by molar-refractivity contribution is 0.0934. The molecular formula is C18H19IN2O2. The van der Waals surface area contributed by atoms with Crippen molar-refractivity contribution in [3.8, 4) is 5.75 Å². The summed E-state index contributed by atoms with van der Waals surface area (Å²) in [5.41, 5.74) is 4.45. The molecule has 0 radical (unpaired) electrons. The van der Waals surface area contributed by atoms with Gasteiger partial charge in [0.1, 0.15) is 18.5 Å². The van der Waals surface area contributed by atoms with Crippen LogP contribution in [0.5, 0.6) is 5.75 Å². The average molecular weight is 422 g/mol. The number of aryl methyl sites for hydroxylation is 2. The molecule has 0 spiro atoms. The lowest BCUT2D eigenvalue weighted by Crippen LogP contribution is -2.23. The zero-order valence-electron chi connectivity index (χ0n) is 13.2. The van der Waals surface area contributed by atoms with Gasteiger partial charge >= 0.3 is 0 Å². The third-order valence-corrected chi connectivity index (χ3v) is 4.62. The molecule has 0 saturated heterocycles. The summed E-state index contributed by atoms with van der Waals surface area (Å²) in [5.74, 6) is 0.770. The van der Waals surface area contributed by atoms with Gasteiger partial charge in [0, 0.05) is 3.57 Å². The number of hydrogen-bond donors (Lipinski definition) is 1. The summed E-state index contributed by atoms with van der Waals surface area (Å²) in [6.07, 6.45) is 1.19. The highest BCUT2D eigenvalue weighted by Gasteiger charge is 2.10. The van der Waals surface area contributed by atoms with Crippen molar-refractivity contribution in [1.82, 2.24) is 9.55 Å². The third kappa shape index (κ3) is 3.84. The second kappa shape index (κ2) is 6.88. The molecule has 120 valence electrons. The highest BCUT2D eigenvalue weighted by atomic mass is 127. The van der Waals surface area contributed by atoms with Crippen LogP contribution in [-0.2, 0) is 6.54 Å². The van der Waals surface area contributed by atoms with Crippen molar-refractivity contribution in [2.24, 2.45) is 0 Å². The summed E-state index contributed by atoms with van der Waals surface area (Å²) in [7, 11) is 0. The molecule has 0 bridgehead atoms. The monoisotopic (exact) mass is 422 g/mol. The average Bonchev–Trinajstić information content (AvgIpc) is 2.89. The van der Waals surface area contributed by atoms with E-state index < -0.39 is 6.10 Å². The molecule has 1 N–H and O–H groups in total. The van der Waals surface area contributed by atoms with E-state index >= 15 is 0 Å². The van der Waals surface area contributed by atoms with Crippen molar-refractivity contribution in [3.05, 3.63) is 57.4 Å². The Morgan fingerprint density at radius 3 is 2.61 bits per heavy atom. The Hall–Kier alpha value is -1.60. The predicted octanol–water partition coefficient (Wildman–Crippen LogP) is 3.70. The zero-order valence-corrected chi connectivity index (χ0v) is 15.3. The quantitative estimate of drug-likeness (QED) is 0.638. The van der Waals surface area contributed by atoms with E-state index in [1.165, 1.54) is 11.1 Å². The number of ether oxygens (including phenoxy) is 1. The molecule has 0 fully saturated rings. The number of halogens is 1. The van der Waals surface area contributed by atoms with E-state index in [-0.39, 0.29) is 6.61 Å². The molecule has 1 aromatic heterocycles. The Morgan fingerprint density at radius 1 is 1.17 bits per heavy atom. The fraction of sp³-hybridized carbons (Fsp3) is 0.278. The number of benzene rings is 2. The van der Waals surface area contributed by atoms with E-state index in [0.717, 1.165) is 20.4 Å². The van der Waals surface area contributed by atoms with Gasteiger partial charge < -0.3 is 14.4 Å². The molecule has 0 aliphatic heterocycles. The van der Waals surface area contributed by atoms with Gasteiger partial charge in [0.05, 0.1) is 23.9 Å². The molecule has 5 heteroatoms. The molecule has 2 aromatic carbocycles. The fourth-order valence-corrected chi connectivity index (χ4v) is 2.82. The Morgan fingerprint density at radius 2 is 1.87 bits per heavy atom. The Kier molecular flexibility index (Phi) is 4.87. The molecule has 1 atom stereocenters. The van der Waals surface area contributed by atoms with Crippen LogP contribution in [0.25, 0.3) is 11.0 Å². The van der Waals surface area contributed by atoms with Crippen LogP contribution in [0.4, 0.5) is 0 Å². The van der Waals surface area contributed by atoms with Gasteiger partial charge in [-0.1, -0.05) is 0 Å². The Balaban J connectivity index is 1.67. The minimum atomic E-state index is -0.590. The predicted molar refractivity (Wildman–Crippen MR) is 99.9 cm³/mol. The van der Waals surface area contributed by atoms with E-state index in [1.807, 2.05) is 28.8 Å². The van der Waals surface area contributed by atoms with E-state index in [1.54, 1.807) is 6.33 Å². The first-order chi connectivity index (χ1) is 11.0. The third-order valence-electron chi connectivity index (χ3n) is 3.90. The highest BCUT2D eigenvalue weighted by molar-refractivity contribution is 14.1. The Bertz CT molecular complexity index is 812. The number of aliphatic hydroxyl groups is 1. The van der Waals surface area contributed by atoms with Gasteiger partial charge in [-0.2, -0.15) is 0 Å². The van der Waals surface area contributed by atoms with Crippen LogP contribution in [0, 0.1) is 17.4 Å². The van der Waals surface area contributed by atoms with Crippen LogP contribution in [-0.4, -0.2) is 27.4 Å². The summed E-state index contributed by atoms with van der Waals surface area (Å²) in [6.45, 7) is 4.88. The van der Waals surface area contributed by atoms with Crippen LogP contribution in [0.15, 0.2) is 42.7 Å². The molecular weight excluding hydrogens is 403 g/mol. The van der Waals surface area contributed by atoms with E-state index in [4.69, 9.17) is 4.74 Å². The number of imidazole rings is 1. The van der Waals surface area contributed by atoms with Crippen LogP contribution >= 0.6 is 22.6 Å². The van der Waals surface area contributed by atoms with Crippen LogP contribution < -0.4 is 4.74 Å². The fourth-order valence-electron chi connectivity index (χ4n) is 2.46. The van der Waals surface area contributed by atoms with Crippen molar-refractivity contribution in [2.45, 2.75) is 26.5 Å². The maximum absolute atomic E-state index is 10.2. The maximum atomic E-state index is 10.2. The molecule has 0 aliphatic rings. The topological polar surface area (TPSA) is 47.3 Å². The van der Waals surface area contributed by atoms with Crippen molar-refractivity contribution in [2.75, 3.05) is 6.61 Å².